The largest absolute Gasteiger partial charge is 0.323 e. The summed E-state index contributed by atoms with van der Waals surface area (Å²) in [5.74, 6) is 0. The van der Waals surface area contributed by atoms with Crippen molar-refractivity contribution in [3.63, 3.8) is 0 Å². The number of rotatable bonds is 4. The third-order valence-corrected chi connectivity index (χ3v) is 2.95. The highest BCUT2D eigenvalue weighted by Gasteiger charge is 2.27. The number of nitrogens with zero attached hydrogens (tertiary/aromatic N) is 2. The molecule has 1 heterocycles. The van der Waals surface area contributed by atoms with Gasteiger partial charge in [-0.1, -0.05) is 0 Å². The van der Waals surface area contributed by atoms with E-state index in [4.69, 9.17) is 0 Å². The van der Waals surface area contributed by atoms with Gasteiger partial charge in [0, 0.05) is 31.7 Å². The van der Waals surface area contributed by atoms with Gasteiger partial charge in [0.05, 0.1) is 0 Å². The molecule has 15 heavy (non-hydrogen) atoms. The third kappa shape index (κ3) is 3.09. The third-order valence-electron chi connectivity index (χ3n) is 2.95. The van der Waals surface area contributed by atoms with Crippen molar-refractivity contribution >= 4 is 6.03 Å². The minimum atomic E-state index is 0.193. The Hall–Kier alpha value is -0.770. The van der Waals surface area contributed by atoms with Gasteiger partial charge in [0.25, 0.3) is 0 Å². The van der Waals surface area contributed by atoms with Crippen LogP contribution in [-0.2, 0) is 0 Å². The molecule has 0 aromatic carbocycles. The highest BCUT2D eigenvalue weighted by Crippen LogP contribution is 2.12. The molecule has 0 spiro atoms. The maximum absolute atomic E-state index is 12.0. The molecule has 0 aromatic heterocycles. The van der Waals surface area contributed by atoms with Gasteiger partial charge in [-0.25, -0.2) is 4.79 Å². The first-order valence-corrected chi connectivity index (χ1v) is 5.79. The molecule has 1 N–H and O–H groups in total. The molecule has 2 amide bonds. The van der Waals surface area contributed by atoms with Crippen molar-refractivity contribution in [2.24, 2.45) is 0 Å². The minimum absolute atomic E-state index is 0.193. The monoisotopic (exact) mass is 213 g/mol. The summed E-state index contributed by atoms with van der Waals surface area (Å²) in [5.41, 5.74) is 0. The standard InChI is InChI=1S/C11H23N3O/c1-9(2)14-7-5-6-13(11(14)15)8-10(3)12-4/h9-10,12H,5-8H2,1-4H3. The number of hydrogen-bond acceptors (Lipinski definition) is 2. The quantitative estimate of drug-likeness (QED) is 0.760. The number of likely N-dealkylation sites (N-methyl/N-ethyl adjacent to an activating group) is 1. The van der Waals surface area contributed by atoms with Crippen LogP contribution in [0.1, 0.15) is 27.2 Å². The topological polar surface area (TPSA) is 35.6 Å². The Morgan fingerprint density at radius 3 is 2.53 bits per heavy atom. The predicted octanol–water partition coefficient (Wildman–Crippen LogP) is 1.13. The van der Waals surface area contributed by atoms with Crippen LogP contribution >= 0.6 is 0 Å². The second-order valence-corrected chi connectivity index (χ2v) is 4.56. The first-order valence-electron chi connectivity index (χ1n) is 5.79. The van der Waals surface area contributed by atoms with E-state index in [1.165, 1.54) is 0 Å². The normalized spacial score (nSPS) is 19.9. The Kier molecular flexibility index (Phi) is 4.39. The van der Waals surface area contributed by atoms with E-state index in [9.17, 15) is 4.79 Å². The molecule has 0 aliphatic carbocycles. The number of amides is 2. The molecule has 0 radical (unpaired) electrons. The molecule has 1 saturated heterocycles. The molecular formula is C11H23N3O. The van der Waals surface area contributed by atoms with E-state index in [1.807, 2.05) is 16.8 Å². The summed E-state index contributed by atoms with van der Waals surface area (Å²) in [6.07, 6.45) is 1.08. The smallest absolute Gasteiger partial charge is 0.320 e. The Balaban J connectivity index is 2.55. The van der Waals surface area contributed by atoms with E-state index < -0.39 is 0 Å². The van der Waals surface area contributed by atoms with Crippen LogP contribution in [-0.4, -0.2) is 54.6 Å². The van der Waals surface area contributed by atoms with Gasteiger partial charge in [0.1, 0.15) is 0 Å². The van der Waals surface area contributed by atoms with Gasteiger partial charge < -0.3 is 15.1 Å². The van der Waals surface area contributed by atoms with Gasteiger partial charge in [0.15, 0.2) is 0 Å². The summed E-state index contributed by atoms with van der Waals surface area (Å²) in [6.45, 7) is 8.85. The van der Waals surface area contributed by atoms with Crippen molar-refractivity contribution < 1.29 is 4.79 Å². The molecule has 1 unspecified atom stereocenters. The summed E-state index contributed by atoms with van der Waals surface area (Å²) in [7, 11) is 1.93. The highest BCUT2D eigenvalue weighted by atomic mass is 16.2. The molecule has 4 heteroatoms. The summed E-state index contributed by atoms with van der Waals surface area (Å²) >= 11 is 0. The molecule has 0 aromatic rings. The summed E-state index contributed by atoms with van der Waals surface area (Å²) in [6, 6.07) is 0.865. The first kappa shape index (κ1) is 12.3. The summed E-state index contributed by atoms with van der Waals surface area (Å²) < 4.78 is 0. The van der Waals surface area contributed by atoms with Crippen LogP contribution in [0.4, 0.5) is 4.79 Å². The minimum Gasteiger partial charge on any atom is -0.323 e. The number of carbonyl (C=O) groups excluding carboxylic acids is 1. The highest BCUT2D eigenvalue weighted by molar-refractivity contribution is 5.75. The van der Waals surface area contributed by atoms with E-state index in [1.54, 1.807) is 0 Å². The van der Waals surface area contributed by atoms with Gasteiger partial charge >= 0.3 is 6.03 Å². The lowest BCUT2D eigenvalue weighted by atomic mass is 10.2. The number of urea groups is 1. The van der Waals surface area contributed by atoms with E-state index in [2.05, 4.69) is 26.1 Å². The first-order chi connectivity index (χ1) is 7.06. The van der Waals surface area contributed by atoms with Crippen LogP contribution in [0.5, 0.6) is 0 Å². The van der Waals surface area contributed by atoms with Crippen molar-refractivity contribution in [3.05, 3.63) is 0 Å². The van der Waals surface area contributed by atoms with Crippen molar-refractivity contribution in [1.82, 2.24) is 15.1 Å². The van der Waals surface area contributed by atoms with Gasteiger partial charge in [-0.15, -0.1) is 0 Å². The number of hydrogen-bond donors (Lipinski definition) is 1. The van der Waals surface area contributed by atoms with E-state index in [0.29, 0.717) is 12.1 Å². The SMILES string of the molecule is CNC(C)CN1CCCN(C(C)C)C1=O. The van der Waals surface area contributed by atoms with Crippen LogP contribution in [0.25, 0.3) is 0 Å². The molecule has 88 valence electrons. The lowest BCUT2D eigenvalue weighted by Crippen LogP contribution is -2.54. The zero-order chi connectivity index (χ0) is 11.4. The lowest BCUT2D eigenvalue weighted by Gasteiger charge is -2.38. The van der Waals surface area contributed by atoms with Gasteiger partial charge in [0.2, 0.25) is 0 Å². The Bertz CT molecular complexity index is 218. The van der Waals surface area contributed by atoms with Crippen molar-refractivity contribution in [3.8, 4) is 0 Å². The molecule has 0 bridgehead atoms. The van der Waals surface area contributed by atoms with Crippen LogP contribution in [0.15, 0.2) is 0 Å². The summed E-state index contributed by atoms with van der Waals surface area (Å²) in [5, 5.41) is 3.16. The molecular weight excluding hydrogens is 190 g/mol. The Labute approximate surface area is 92.6 Å². The van der Waals surface area contributed by atoms with Crippen LogP contribution in [0, 0.1) is 0 Å². The predicted molar refractivity (Wildman–Crippen MR) is 61.9 cm³/mol. The van der Waals surface area contributed by atoms with Crippen LogP contribution < -0.4 is 5.32 Å². The maximum atomic E-state index is 12.0. The van der Waals surface area contributed by atoms with Gasteiger partial charge in [-0.3, -0.25) is 0 Å². The average molecular weight is 213 g/mol. The molecule has 1 rings (SSSR count). The zero-order valence-electron chi connectivity index (χ0n) is 10.3. The van der Waals surface area contributed by atoms with Crippen LogP contribution in [0.2, 0.25) is 0 Å². The molecule has 1 atom stereocenters. The molecule has 4 nitrogen and oxygen atoms in total. The average Bonchev–Trinajstić information content (AvgIpc) is 2.20. The van der Waals surface area contributed by atoms with Crippen LogP contribution in [0.3, 0.4) is 0 Å². The fourth-order valence-electron chi connectivity index (χ4n) is 1.88. The van der Waals surface area contributed by atoms with Crippen molar-refractivity contribution in [2.75, 3.05) is 26.7 Å². The van der Waals surface area contributed by atoms with E-state index in [0.717, 1.165) is 26.1 Å². The van der Waals surface area contributed by atoms with Gasteiger partial charge in [-0.05, 0) is 34.2 Å². The van der Waals surface area contributed by atoms with Crippen molar-refractivity contribution in [1.29, 1.82) is 0 Å². The Morgan fingerprint density at radius 2 is 2.00 bits per heavy atom. The molecule has 1 aliphatic heterocycles. The maximum Gasteiger partial charge on any atom is 0.320 e. The van der Waals surface area contributed by atoms with E-state index >= 15 is 0 Å². The zero-order valence-corrected chi connectivity index (χ0v) is 10.3. The summed E-state index contributed by atoms with van der Waals surface area (Å²) in [4.78, 5) is 15.9. The lowest BCUT2D eigenvalue weighted by molar-refractivity contribution is 0.112. The molecule has 0 saturated carbocycles. The fraction of sp³-hybridized carbons (Fsp3) is 0.909. The molecule has 1 aliphatic rings. The van der Waals surface area contributed by atoms with Gasteiger partial charge in [-0.2, -0.15) is 0 Å². The number of nitrogens with one attached hydrogen (secondary N) is 1. The number of carbonyl (C=O) groups is 1. The second kappa shape index (κ2) is 5.35. The fourth-order valence-corrected chi connectivity index (χ4v) is 1.88. The van der Waals surface area contributed by atoms with E-state index in [-0.39, 0.29) is 6.03 Å². The second-order valence-electron chi connectivity index (χ2n) is 4.56. The molecule has 1 fully saturated rings. The van der Waals surface area contributed by atoms with Crippen molar-refractivity contribution in [2.45, 2.75) is 39.3 Å². The Morgan fingerprint density at radius 1 is 1.33 bits per heavy atom.